The summed E-state index contributed by atoms with van der Waals surface area (Å²) < 4.78 is 77.9. The second-order valence-corrected chi connectivity index (χ2v) is 4.50. The molecule has 0 saturated heterocycles. The van der Waals surface area contributed by atoms with Gasteiger partial charge in [0.05, 0.1) is 16.8 Å². The van der Waals surface area contributed by atoms with E-state index in [-0.39, 0.29) is 10.3 Å². The Bertz CT molecular complexity index is 674. The molecule has 20 heavy (non-hydrogen) atoms. The molecule has 0 fully saturated rings. The molecule has 0 unspecified atom stereocenters. The predicted octanol–water partition coefficient (Wildman–Crippen LogP) is 4.75. The molecule has 8 heteroatoms. The van der Waals surface area contributed by atoms with Crippen LogP contribution in [-0.4, -0.2) is 0 Å². The number of alkyl halides is 6. The highest BCUT2D eigenvalue weighted by atomic mass is 32.1. The van der Waals surface area contributed by atoms with Gasteiger partial charge in [-0.25, -0.2) is 0 Å². The number of halogens is 6. The van der Waals surface area contributed by atoms with Crippen molar-refractivity contribution in [2.75, 3.05) is 5.73 Å². The van der Waals surface area contributed by atoms with Crippen molar-refractivity contribution < 1.29 is 26.3 Å². The summed E-state index contributed by atoms with van der Waals surface area (Å²) in [6, 6.07) is 4.83. The number of anilines is 1. The smallest absolute Gasteiger partial charge is 0.397 e. The second-order valence-electron chi connectivity index (χ2n) is 4.05. The third-order valence-electron chi connectivity index (χ3n) is 2.79. The van der Waals surface area contributed by atoms with E-state index < -0.39 is 34.6 Å². The minimum Gasteiger partial charge on any atom is -0.397 e. The zero-order chi connectivity index (χ0) is 15.3. The van der Waals surface area contributed by atoms with Crippen molar-refractivity contribution in [1.82, 2.24) is 0 Å². The molecule has 0 radical (unpaired) electrons. The lowest BCUT2D eigenvalue weighted by Crippen LogP contribution is -2.20. The van der Waals surface area contributed by atoms with Crippen molar-refractivity contribution in [3.05, 3.63) is 35.4 Å². The molecule has 0 aliphatic heterocycles. The molecule has 0 amide bonds. The zero-order valence-corrected chi connectivity index (χ0v) is 10.5. The van der Waals surface area contributed by atoms with Gasteiger partial charge in [-0.2, -0.15) is 26.3 Å². The van der Waals surface area contributed by atoms with E-state index in [2.05, 4.69) is 12.6 Å². The van der Waals surface area contributed by atoms with Crippen LogP contribution in [0.15, 0.2) is 29.2 Å². The maximum atomic E-state index is 13.0. The van der Waals surface area contributed by atoms with Crippen LogP contribution in [-0.2, 0) is 12.4 Å². The fraction of sp³-hybridized carbons (Fsp3) is 0.167. The maximum Gasteiger partial charge on any atom is 0.419 e. The first-order chi connectivity index (χ1) is 9.05. The van der Waals surface area contributed by atoms with E-state index in [4.69, 9.17) is 5.73 Å². The monoisotopic (exact) mass is 311 g/mol. The van der Waals surface area contributed by atoms with Gasteiger partial charge < -0.3 is 5.73 Å². The fourth-order valence-electron chi connectivity index (χ4n) is 2.03. The first kappa shape index (κ1) is 14.8. The molecule has 2 rings (SSSR count). The van der Waals surface area contributed by atoms with Gasteiger partial charge in [-0.15, -0.1) is 12.6 Å². The largest absolute Gasteiger partial charge is 0.419 e. The van der Waals surface area contributed by atoms with Crippen LogP contribution in [0.3, 0.4) is 0 Å². The Hall–Kier alpha value is -1.57. The van der Waals surface area contributed by atoms with Gasteiger partial charge in [0, 0.05) is 4.90 Å². The van der Waals surface area contributed by atoms with Gasteiger partial charge in [0.1, 0.15) is 0 Å². The summed E-state index contributed by atoms with van der Waals surface area (Å²) >= 11 is 3.82. The number of thiol groups is 1. The van der Waals surface area contributed by atoms with Crippen molar-refractivity contribution in [3.8, 4) is 0 Å². The van der Waals surface area contributed by atoms with Gasteiger partial charge in [-0.05, 0) is 10.8 Å². The number of hydrogen-bond acceptors (Lipinski definition) is 2. The Labute approximate surface area is 114 Å². The molecule has 0 aromatic heterocycles. The first-order valence-corrected chi connectivity index (χ1v) is 5.67. The molecular weight excluding hydrogens is 304 g/mol. The summed E-state index contributed by atoms with van der Waals surface area (Å²) in [6.07, 6.45) is -10.4. The van der Waals surface area contributed by atoms with Gasteiger partial charge in [-0.1, -0.05) is 24.3 Å². The van der Waals surface area contributed by atoms with E-state index in [0.29, 0.717) is 0 Å². The Balaban J connectivity index is 3.09. The number of hydrogen-bond donors (Lipinski definition) is 2. The SMILES string of the molecule is Nc1c(C(F)(F)F)c(C(F)(F)F)c2ccccc2c1S. The number of fused-ring (bicyclic) bond motifs is 1. The highest BCUT2D eigenvalue weighted by Crippen LogP contribution is 2.49. The quantitative estimate of drug-likeness (QED) is 0.410. The number of benzene rings is 2. The first-order valence-electron chi connectivity index (χ1n) is 5.22. The third kappa shape index (κ3) is 2.28. The van der Waals surface area contributed by atoms with Gasteiger partial charge in [-0.3, -0.25) is 0 Å². The minimum atomic E-state index is -5.23. The molecule has 1 nitrogen and oxygen atoms in total. The van der Waals surface area contributed by atoms with E-state index >= 15 is 0 Å². The minimum absolute atomic E-state index is 0.0753. The molecule has 0 aliphatic carbocycles. The maximum absolute atomic E-state index is 13.0. The van der Waals surface area contributed by atoms with Gasteiger partial charge >= 0.3 is 12.4 Å². The lowest BCUT2D eigenvalue weighted by atomic mass is 9.96. The summed E-state index contributed by atoms with van der Waals surface area (Å²) in [5, 5.41) is -0.653. The van der Waals surface area contributed by atoms with Crippen molar-refractivity contribution in [2.24, 2.45) is 0 Å². The fourth-order valence-corrected chi connectivity index (χ4v) is 2.34. The molecule has 0 bridgehead atoms. The highest BCUT2D eigenvalue weighted by Gasteiger charge is 2.46. The van der Waals surface area contributed by atoms with Crippen LogP contribution >= 0.6 is 12.6 Å². The van der Waals surface area contributed by atoms with Crippen LogP contribution in [0, 0.1) is 0 Å². The van der Waals surface area contributed by atoms with E-state index in [9.17, 15) is 26.3 Å². The number of rotatable bonds is 0. The average Bonchev–Trinajstić information content (AvgIpc) is 2.30. The van der Waals surface area contributed by atoms with Crippen LogP contribution in [0.1, 0.15) is 11.1 Å². The molecule has 108 valence electrons. The predicted molar refractivity (Wildman–Crippen MR) is 65.6 cm³/mol. The van der Waals surface area contributed by atoms with Gasteiger partial charge in [0.15, 0.2) is 0 Å². The van der Waals surface area contributed by atoms with Gasteiger partial charge in [0.25, 0.3) is 0 Å². The van der Waals surface area contributed by atoms with Crippen molar-refractivity contribution >= 4 is 29.1 Å². The Morgan fingerprint density at radius 2 is 1.25 bits per heavy atom. The summed E-state index contributed by atoms with van der Waals surface area (Å²) in [4.78, 5) is -0.319. The topological polar surface area (TPSA) is 26.0 Å². The Morgan fingerprint density at radius 3 is 1.70 bits per heavy atom. The molecule has 0 atom stereocenters. The summed E-state index contributed by atoms with van der Waals surface area (Å²) in [6.45, 7) is 0. The van der Waals surface area contributed by atoms with Crippen molar-refractivity contribution in [1.29, 1.82) is 0 Å². The molecular formula is C12H7F6NS. The zero-order valence-electron chi connectivity index (χ0n) is 9.60. The molecule has 0 heterocycles. The van der Waals surface area contributed by atoms with Crippen LogP contribution in [0.2, 0.25) is 0 Å². The number of nitrogens with two attached hydrogens (primary N) is 1. The lowest BCUT2D eigenvalue weighted by molar-refractivity contribution is -0.160. The normalized spacial score (nSPS) is 12.9. The Morgan fingerprint density at radius 1 is 0.800 bits per heavy atom. The van der Waals surface area contributed by atoms with Crippen LogP contribution < -0.4 is 5.73 Å². The van der Waals surface area contributed by atoms with Crippen LogP contribution in [0.25, 0.3) is 10.8 Å². The summed E-state index contributed by atoms with van der Waals surface area (Å²) in [7, 11) is 0. The van der Waals surface area contributed by atoms with E-state index in [0.717, 1.165) is 6.07 Å². The molecule has 0 aliphatic rings. The van der Waals surface area contributed by atoms with Crippen LogP contribution in [0.5, 0.6) is 0 Å². The van der Waals surface area contributed by atoms with E-state index in [1.54, 1.807) is 0 Å². The van der Waals surface area contributed by atoms with Crippen molar-refractivity contribution in [2.45, 2.75) is 17.2 Å². The average molecular weight is 311 g/mol. The van der Waals surface area contributed by atoms with Crippen molar-refractivity contribution in [3.63, 3.8) is 0 Å². The molecule has 2 aromatic rings. The summed E-state index contributed by atoms with van der Waals surface area (Å²) in [5.41, 5.74) is 0.538. The van der Waals surface area contributed by atoms with E-state index in [1.165, 1.54) is 18.2 Å². The summed E-state index contributed by atoms with van der Waals surface area (Å²) in [5.74, 6) is 0. The standard InChI is InChI=1S/C12H7F6NS/c13-11(14,15)7-5-3-1-2-4-6(5)10(20)9(19)8(7)12(16,17)18/h1-4,20H,19H2. The lowest BCUT2D eigenvalue weighted by Gasteiger charge is -2.21. The van der Waals surface area contributed by atoms with Gasteiger partial charge in [0.2, 0.25) is 0 Å². The number of nitrogen functional groups attached to an aromatic ring is 1. The Kier molecular flexibility index (Phi) is 3.32. The molecule has 0 spiro atoms. The third-order valence-corrected chi connectivity index (χ3v) is 3.27. The molecule has 2 aromatic carbocycles. The highest BCUT2D eigenvalue weighted by molar-refractivity contribution is 7.80. The van der Waals surface area contributed by atoms with E-state index in [1.807, 2.05) is 0 Å². The van der Waals surface area contributed by atoms with Crippen LogP contribution in [0.4, 0.5) is 32.0 Å². The molecule has 2 N–H and O–H groups in total. The second kappa shape index (κ2) is 4.47. The molecule has 0 saturated carbocycles.